The summed E-state index contributed by atoms with van der Waals surface area (Å²) in [6.07, 6.45) is 8.75. The van der Waals surface area contributed by atoms with E-state index in [0.29, 0.717) is 54.4 Å². The van der Waals surface area contributed by atoms with Crippen LogP contribution in [0.3, 0.4) is 0 Å². The summed E-state index contributed by atoms with van der Waals surface area (Å²) in [5.41, 5.74) is 1.69. The Balaban J connectivity index is 1.37. The number of hydrogen-bond donors (Lipinski definition) is 3. The number of ether oxygens (including phenoxy) is 5. The molecule has 1 aromatic rings. The van der Waals surface area contributed by atoms with Gasteiger partial charge in [0.15, 0.2) is 5.79 Å². The van der Waals surface area contributed by atoms with E-state index in [1.54, 1.807) is 25.2 Å². The van der Waals surface area contributed by atoms with Gasteiger partial charge in [-0.25, -0.2) is 4.79 Å². The summed E-state index contributed by atoms with van der Waals surface area (Å²) < 4.78 is 32.2. The van der Waals surface area contributed by atoms with Crippen molar-refractivity contribution in [1.82, 2.24) is 0 Å². The summed E-state index contributed by atoms with van der Waals surface area (Å²) in [7, 11) is 0. The first-order chi connectivity index (χ1) is 24.7. The Morgan fingerprint density at radius 3 is 2.67 bits per heavy atom. The molecule has 0 radical (unpaired) electrons. The average Bonchev–Trinajstić information content (AvgIpc) is 3.44. The van der Waals surface area contributed by atoms with Gasteiger partial charge in [0.2, 0.25) is 0 Å². The van der Waals surface area contributed by atoms with Crippen LogP contribution in [0.2, 0.25) is 0 Å². The Bertz CT molecular complexity index is 1610. The normalized spacial score (nSPS) is 41.3. The van der Waals surface area contributed by atoms with Crippen molar-refractivity contribution >= 4 is 17.7 Å². The van der Waals surface area contributed by atoms with Gasteiger partial charge in [-0.05, 0) is 79.9 Å². The highest BCUT2D eigenvalue weighted by Crippen LogP contribution is 2.48. The van der Waals surface area contributed by atoms with Crippen LogP contribution in [0.1, 0.15) is 85.6 Å². The van der Waals surface area contributed by atoms with E-state index in [0.717, 1.165) is 24.0 Å². The van der Waals surface area contributed by atoms with E-state index in [4.69, 9.17) is 23.7 Å². The number of benzene rings is 1. The Kier molecular flexibility index (Phi) is 11.5. The lowest BCUT2D eigenvalue weighted by atomic mass is 9.71. The fourth-order valence-corrected chi connectivity index (χ4v) is 8.73. The molecule has 5 aliphatic rings. The van der Waals surface area contributed by atoms with Crippen molar-refractivity contribution in [2.45, 2.75) is 135 Å². The number of nitrogens with one attached hydrogen (secondary N) is 1. The largest absolute Gasteiger partial charge is 0.462 e. The van der Waals surface area contributed by atoms with Crippen LogP contribution in [0.15, 0.2) is 71.4 Å². The first kappa shape index (κ1) is 38.4. The van der Waals surface area contributed by atoms with Gasteiger partial charge in [0.1, 0.15) is 35.9 Å². The van der Waals surface area contributed by atoms with E-state index in [1.807, 2.05) is 51.1 Å². The minimum Gasteiger partial charge on any atom is -0.462 e. The van der Waals surface area contributed by atoms with Crippen LogP contribution in [0, 0.1) is 30.6 Å². The van der Waals surface area contributed by atoms with E-state index in [9.17, 15) is 19.8 Å². The molecular formula is C42H57NO9. The number of fused-ring (bicyclic) bond motifs is 2. The maximum atomic E-state index is 14.2. The highest BCUT2D eigenvalue weighted by atomic mass is 16.7. The summed E-state index contributed by atoms with van der Waals surface area (Å²) >= 11 is 0. The molecule has 2 bridgehead atoms. The fourth-order valence-electron chi connectivity index (χ4n) is 8.73. The van der Waals surface area contributed by atoms with Crippen LogP contribution in [0.4, 0.5) is 10.5 Å². The lowest BCUT2D eigenvalue weighted by Gasteiger charge is -2.51. The minimum absolute atomic E-state index is 0.00321. The van der Waals surface area contributed by atoms with Gasteiger partial charge in [-0.3, -0.25) is 10.1 Å². The van der Waals surface area contributed by atoms with Crippen LogP contribution in [-0.2, 0) is 28.5 Å². The summed E-state index contributed by atoms with van der Waals surface area (Å²) in [6, 6.07) is 7.54. The standard InChI is InChI=1S/C42H57NO9/c1-8-25(3)37-28(6)17-18-41(52-37)22-33-21-32(51-41)16-15-27(5)36(50-40(46)43-31-14-9-11-24(2)19-31)26(4)12-10-13-30-23-48-38-35(44)29(7)20-34(39(45)49-33)42(30,38)47/h9-15,19-20,25-26,28,32-38,44,47H,8,16-18,21-23H2,1-7H3,(H,43,46)/b12-10+,27-15+,30-13+/t25?,26-,28-,32+,33-,34-,35+,36-,37+,38+,41+,42+/m0/s1. The van der Waals surface area contributed by atoms with Gasteiger partial charge < -0.3 is 33.9 Å². The third kappa shape index (κ3) is 7.82. The SMILES string of the molecule is CCC(C)[C@H]1O[C@]2(CC[C@@H]1C)C[C@@H]1C[C@@H](C/C=C(\C)[C@@H](OC(=O)Nc3cccc(C)c3)[C@@H](C)/C=C/C=C3\CO[C@@H]4[C@H](O)C(C)=C[C@@H](C(=O)O1)[C@]34O)O2. The molecule has 1 aromatic carbocycles. The highest BCUT2D eigenvalue weighted by Gasteiger charge is 2.60. The smallest absolute Gasteiger partial charge is 0.412 e. The quantitative estimate of drug-likeness (QED) is 0.220. The second-order valence-electron chi connectivity index (χ2n) is 16.0. The molecule has 1 aliphatic carbocycles. The van der Waals surface area contributed by atoms with Gasteiger partial charge in [0.05, 0.1) is 18.8 Å². The maximum Gasteiger partial charge on any atom is 0.412 e. The van der Waals surface area contributed by atoms with E-state index in [-0.39, 0.29) is 24.7 Å². The molecule has 4 aliphatic heterocycles. The second-order valence-corrected chi connectivity index (χ2v) is 16.0. The number of allylic oxidation sites excluding steroid dienone is 2. The summed E-state index contributed by atoms with van der Waals surface area (Å²) in [6.45, 7) is 14.2. The summed E-state index contributed by atoms with van der Waals surface area (Å²) in [4.78, 5) is 27.5. The predicted molar refractivity (Wildman–Crippen MR) is 197 cm³/mol. The monoisotopic (exact) mass is 719 g/mol. The number of aryl methyl sites for hydroxylation is 1. The van der Waals surface area contributed by atoms with Crippen LogP contribution < -0.4 is 5.32 Å². The molecule has 1 spiro atoms. The van der Waals surface area contributed by atoms with Gasteiger partial charge in [0.25, 0.3) is 0 Å². The molecule has 3 fully saturated rings. The first-order valence-electron chi connectivity index (χ1n) is 19.1. The Morgan fingerprint density at radius 2 is 1.92 bits per heavy atom. The number of esters is 1. The van der Waals surface area contributed by atoms with E-state index in [1.165, 1.54) is 0 Å². The van der Waals surface area contributed by atoms with Gasteiger partial charge in [-0.2, -0.15) is 0 Å². The molecule has 10 heteroatoms. The summed E-state index contributed by atoms with van der Waals surface area (Å²) in [5.74, 6) is -2.18. The van der Waals surface area contributed by atoms with Crippen LogP contribution in [-0.4, -0.2) is 76.9 Å². The average molecular weight is 720 g/mol. The molecule has 284 valence electrons. The predicted octanol–water partition coefficient (Wildman–Crippen LogP) is 7.10. The van der Waals surface area contributed by atoms with Crippen molar-refractivity contribution in [3.05, 3.63) is 76.9 Å². The van der Waals surface area contributed by atoms with E-state index in [2.05, 4.69) is 32.2 Å². The number of amides is 1. The second kappa shape index (κ2) is 15.6. The van der Waals surface area contributed by atoms with Gasteiger partial charge >= 0.3 is 12.1 Å². The molecule has 3 N–H and O–H groups in total. The molecule has 4 heterocycles. The van der Waals surface area contributed by atoms with Crippen LogP contribution in [0.5, 0.6) is 0 Å². The zero-order valence-electron chi connectivity index (χ0n) is 31.7. The van der Waals surface area contributed by atoms with Crippen molar-refractivity contribution in [3.63, 3.8) is 0 Å². The zero-order valence-corrected chi connectivity index (χ0v) is 31.7. The molecule has 10 nitrogen and oxygen atoms in total. The Labute approximate surface area is 308 Å². The van der Waals surface area contributed by atoms with Gasteiger partial charge in [-0.1, -0.05) is 76.6 Å². The third-order valence-corrected chi connectivity index (χ3v) is 11.9. The number of aliphatic hydroxyl groups is 2. The van der Waals surface area contributed by atoms with Gasteiger partial charge in [-0.15, -0.1) is 0 Å². The third-order valence-electron chi connectivity index (χ3n) is 11.9. The molecule has 1 amide bonds. The molecule has 3 saturated heterocycles. The number of anilines is 1. The van der Waals surface area contributed by atoms with Crippen molar-refractivity contribution in [2.24, 2.45) is 23.7 Å². The van der Waals surface area contributed by atoms with Crippen molar-refractivity contribution in [1.29, 1.82) is 0 Å². The lowest BCUT2D eigenvalue weighted by Crippen LogP contribution is -2.58. The van der Waals surface area contributed by atoms with Crippen molar-refractivity contribution in [3.8, 4) is 0 Å². The lowest BCUT2D eigenvalue weighted by molar-refractivity contribution is -0.340. The molecule has 0 saturated carbocycles. The van der Waals surface area contributed by atoms with Crippen molar-refractivity contribution < 1.29 is 43.5 Å². The Hall–Kier alpha value is -3.28. The number of carbonyl (C=O) groups excluding carboxylic acids is 2. The number of hydrogen-bond acceptors (Lipinski definition) is 9. The van der Waals surface area contributed by atoms with Crippen molar-refractivity contribution in [2.75, 3.05) is 11.9 Å². The summed E-state index contributed by atoms with van der Waals surface area (Å²) in [5, 5.41) is 26.3. The zero-order chi connectivity index (χ0) is 37.4. The molecule has 6 rings (SSSR count). The maximum absolute atomic E-state index is 14.2. The van der Waals surface area contributed by atoms with Crippen LogP contribution >= 0.6 is 0 Å². The Morgan fingerprint density at radius 1 is 1.13 bits per heavy atom. The molecule has 1 unspecified atom stereocenters. The molecule has 0 aromatic heterocycles. The minimum atomic E-state index is -1.82. The topological polar surface area (TPSA) is 133 Å². The molecular weight excluding hydrogens is 662 g/mol. The number of carbonyl (C=O) groups is 2. The highest BCUT2D eigenvalue weighted by molar-refractivity contribution is 5.85. The number of rotatable bonds is 4. The molecule has 12 atom stereocenters. The van der Waals surface area contributed by atoms with E-state index >= 15 is 0 Å². The molecule has 52 heavy (non-hydrogen) atoms. The van der Waals surface area contributed by atoms with Gasteiger partial charge in [0, 0.05) is 30.9 Å². The van der Waals surface area contributed by atoms with Crippen LogP contribution in [0.25, 0.3) is 0 Å². The fraction of sp³-hybridized carbons (Fsp3) is 0.619. The van der Waals surface area contributed by atoms with E-state index < -0.39 is 53.8 Å². The first-order valence-corrected chi connectivity index (χ1v) is 19.1. The number of aliphatic hydroxyl groups excluding tert-OH is 1.